The third kappa shape index (κ3) is 3.36. The maximum atomic E-state index is 9.25. The van der Waals surface area contributed by atoms with E-state index in [1.54, 1.807) is 26.0 Å². The first kappa shape index (κ1) is 11.0. The van der Waals surface area contributed by atoms with Crippen LogP contribution >= 0.6 is 0 Å². The molecule has 1 unspecified atom stereocenters. The van der Waals surface area contributed by atoms with Crippen molar-refractivity contribution in [1.82, 2.24) is 0 Å². The van der Waals surface area contributed by atoms with Crippen molar-refractivity contribution in [3.05, 3.63) is 29.8 Å². The summed E-state index contributed by atoms with van der Waals surface area (Å²) in [6, 6.07) is 7.18. The molecule has 0 saturated heterocycles. The minimum atomic E-state index is -0.466. The lowest BCUT2D eigenvalue weighted by atomic mass is 10.1. The quantitative estimate of drug-likeness (QED) is 0.767. The zero-order valence-electron chi connectivity index (χ0n) is 8.47. The van der Waals surface area contributed by atoms with Crippen LogP contribution in [-0.2, 0) is 0 Å². The molecule has 0 aliphatic carbocycles. The molecule has 0 heterocycles. The number of hydrogen-bond acceptors (Lipinski definition) is 3. The Morgan fingerprint density at radius 1 is 1.14 bits per heavy atom. The van der Waals surface area contributed by atoms with Crippen LogP contribution in [0, 0.1) is 0 Å². The Bertz CT molecular complexity index is 264. The van der Waals surface area contributed by atoms with Crippen molar-refractivity contribution in [2.45, 2.75) is 26.1 Å². The second kappa shape index (κ2) is 4.98. The SMILES string of the molecule is CC(O)COc1ccc([C@H](C)O)cc1. The van der Waals surface area contributed by atoms with Crippen LogP contribution in [0.4, 0.5) is 0 Å². The summed E-state index contributed by atoms with van der Waals surface area (Å²) in [4.78, 5) is 0. The lowest BCUT2D eigenvalue weighted by Gasteiger charge is -2.09. The average Bonchev–Trinajstić information content (AvgIpc) is 2.15. The van der Waals surface area contributed by atoms with Crippen LogP contribution in [-0.4, -0.2) is 22.9 Å². The highest BCUT2D eigenvalue weighted by Gasteiger charge is 2.01. The fraction of sp³-hybridized carbons (Fsp3) is 0.455. The Morgan fingerprint density at radius 3 is 2.14 bits per heavy atom. The van der Waals surface area contributed by atoms with Crippen molar-refractivity contribution in [2.24, 2.45) is 0 Å². The number of ether oxygens (including phenoxy) is 1. The lowest BCUT2D eigenvalue weighted by molar-refractivity contribution is 0.122. The molecule has 3 nitrogen and oxygen atoms in total. The summed E-state index contributed by atoms with van der Waals surface area (Å²) in [7, 11) is 0. The van der Waals surface area contributed by atoms with Crippen molar-refractivity contribution in [1.29, 1.82) is 0 Å². The zero-order valence-corrected chi connectivity index (χ0v) is 8.47. The highest BCUT2D eigenvalue weighted by Crippen LogP contribution is 2.17. The number of rotatable bonds is 4. The topological polar surface area (TPSA) is 49.7 Å². The van der Waals surface area contributed by atoms with Gasteiger partial charge in [-0.1, -0.05) is 12.1 Å². The van der Waals surface area contributed by atoms with Crippen molar-refractivity contribution in [3.63, 3.8) is 0 Å². The summed E-state index contributed by atoms with van der Waals surface area (Å²) in [5.74, 6) is 0.704. The lowest BCUT2D eigenvalue weighted by Crippen LogP contribution is -2.12. The fourth-order valence-corrected chi connectivity index (χ4v) is 1.06. The van der Waals surface area contributed by atoms with E-state index in [1.807, 2.05) is 12.1 Å². The Balaban J connectivity index is 2.55. The predicted molar refractivity (Wildman–Crippen MR) is 54.3 cm³/mol. The number of aliphatic hydroxyl groups excluding tert-OH is 2. The van der Waals surface area contributed by atoms with E-state index < -0.39 is 12.2 Å². The van der Waals surface area contributed by atoms with Crippen molar-refractivity contribution in [2.75, 3.05) is 6.61 Å². The fourth-order valence-electron chi connectivity index (χ4n) is 1.06. The molecule has 1 aromatic carbocycles. The smallest absolute Gasteiger partial charge is 0.119 e. The molecule has 2 N–H and O–H groups in total. The van der Waals surface area contributed by atoms with Crippen molar-refractivity contribution in [3.8, 4) is 5.75 Å². The molecule has 1 aromatic rings. The maximum absolute atomic E-state index is 9.25. The molecule has 0 radical (unpaired) electrons. The number of hydrogen-bond donors (Lipinski definition) is 2. The van der Waals surface area contributed by atoms with Crippen LogP contribution in [0.5, 0.6) is 5.75 Å². The second-order valence-corrected chi connectivity index (χ2v) is 3.41. The van der Waals surface area contributed by atoms with Crippen molar-refractivity contribution < 1.29 is 14.9 Å². The first-order valence-corrected chi connectivity index (χ1v) is 4.68. The molecule has 0 saturated carbocycles. The molecule has 0 aromatic heterocycles. The van der Waals surface area contributed by atoms with Crippen LogP contribution in [0.2, 0.25) is 0 Å². The normalized spacial score (nSPS) is 14.9. The average molecular weight is 196 g/mol. The van der Waals surface area contributed by atoms with Gasteiger partial charge in [0.1, 0.15) is 12.4 Å². The molecule has 0 spiro atoms. The van der Waals surface area contributed by atoms with Gasteiger partial charge in [-0.05, 0) is 31.5 Å². The summed E-state index contributed by atoms with van der Waals surface area (Å²) >= 11 is 0. The second-order valence-electron chi connectivity index (χ2n) is 3.41. The minimum absolute atomic E-state index is 0.286. The van der Waals surface area contributed by atoms with Gasteiger partial charge < -0.3 is 14.9 Å². The molecule has 1 rings (SSSR count). The van der Waals surface area contributed by atoms with Gasteiger partial charge in [0, 0.05) is 0 Å². The summed E-state index contributed by atoms with van der Waals surface area (Å²) in [6.45, 7) is 3.67. The van der Waals surface area contributed by atoms with E-state index in [0.717, 1.165) is 5.56 Å². The van der Waals surface area contributed by atoms with E-state index in [-0.39, 0.29) is 6.61 Å². The Kier molecular flexibility index (Phi) is 3.92. The Labute approximate surface area is 84.0 Å². The Hall–Kier alpha value is -1.06. The largest absolute Gasteiger partial charge is 0.491 e. The molecular weight excluding hydrogens is 180 g/mol. The summed E-state index contributed by atoms with van der Waals surface area (Å²) in [5.41, 5.74) is 0.856. The van der Waals surface area contributed by atoms with Gasteiger partial charge in [0.15, 0.2) is 0 Å². The van der Waals surface area contributed by atoms with E-state index in [0.29, 0.717) is 5.75 Å². The van der Waals surface area contributed by atoms with Crippen LogP contribution in [0.15, 0.2) is 24.3 Å². The monoisotopic (exact) mass is 196 g/mol. The molecule has 0 amide bonds. The molecule has 2 atom stereocenters. The molecular formula is C11H16O3. The van der Waals surface area contributed by atoms with E-state index in [9.17, 15) is 5.11 Å². The van der Waals surface area contributed by atoms with Crippen LogP contribution in [0.1, 0.15) is 25.5 Å². The highest BCUT2D eigenvalue weighted by molar-refractivity contribution is 5.28. The van der Waals surface area contributed by atoms with Gasteiger partial charge in [-0.3, -0.25) is 0 Å². The zero-order chi connectivity index (χ0) is 10.6. The van der Waals surface area contributed by atoms with E-state index in [1.165, 1.54) is 0 Å². The standard InChI is InChI=1S/C11H16O3/c1-8(12)7-14-11-5-3-10(4-6-11)9(2)13/h3-6,8-9,12-13H,7H2,1-2H3/t8?,9-/m0/s1. The van der Waals surface area contributed by atoms with Gasteiger partial charge in [0.2, 0.25) is 0 Å². The number of aliphatic hydroxyl groups is 2. The number of benzene rings is 1. The first-order valence-electron chi connectivity index (χ1n) is 4.68. The van der Waals surface area contributed by atoms with Gasteiger partial charge in [-0.25, -0.2) is 0 Å². The highest BCUT2D eigenvalue weighted by atomic mass is 16.5. The van der Waals surface area contributed by atoms with Gasteiger partial charge in [-0.15, -0.1) is 0 Å². The van der Waals surface area contributed by atoms with Gasteiger partial charge in [0.25, 0.3) is 0 Å². The van der Waals surface area contributed by atoms with Crippen LogP contribution in [0.3, 0.4) is 0 Å². The van der Waals surface area contributed by atoms with Gasteiger partial charge in [-0.2, -0.15) is 0 Å². The van der Waals surface area contributed by atoms with E-state index in [2.05, 4.69) is 0 Å². The van der Waals surface area contributed by atoms with E-state index >= 15 is 0 Å². The Morgan fingerprint density at radius 2 is 1.71 bits per heavy atom. The molecule has 0 bridgehead atoms. The third-order valence-electron chi connectivity index (χ3n) is 1.85. The molecule has 3 heteroatoms. The van der Waals surface area contributed by atoms with E-state index in [4.69, 9.17) is 9.84 Å². The van der Waals surface area contributed by atoms with Crippen molar-refractivity contribution >= 4 is 0 Å². The minimum Gasteiger partial charge on any atom is -0.491 e. The summed E-state index contributed by atoms with van der Waals surface area (Å²) in [6.07, 6.45) is -0.924. The molecule has 0 fully saturated rings. The van der Waals surface area contributed by atoms with Gasteiger partial charge >= 0.3 is 0 Å². The molecule has 0 aliphatic heterocycles. The predicted octanol–water partition coefficient (Wildman–Crippen LogP) is 1.50. The van der Waals surface area contributed by atoms with Gasteiger partial charge in [0.05, 0.1) is 12.2 Å². The third-order valence-corrected chi connectivity index (χ3v) is 1.85. The van der Waals surface area contributed by atoms with Crippen LogP contribution in [0.25, 0.3) is 0 Å². The summed E-state index contributed by atoms with van der Waals surface area (Å²) < 4.78 is 5.27. The molecule has 78 valence electrons. The van der Waals surface area contributed by atoms with Crippen LogP contribution < -0.4 is 4.74 Å². The summed E-state index contributed by atoms with van der Waals surface area (Å²) in [5, 5.41) is 18.2. The molecule has 14 heavy (non-hydrogen) atoms. The first-order chi connectivity index (χ1) is 6.59. The maximum Gasteiger partial charge on any atom is 0.119 e. The molecule has 0 aliphatic rings.